The van der Waals surface area contributed by atoms with Gasteiger partial charge < -0.3 is 9.84 Å². The monoisotopic (exact) mass is 498 g/mol. The van der Waals surface area contributed by atoms with Crippen LogP contribution in [0.15, 0.2) is 79.0 Å². The van der Waals surface area contributed by atoms with E-state index in [1.54, 1.807) is 18.2 Å². The number of phenols is 1. The Hall–Kier alpha value is -4.89. The highest BCUT2D eigenvalue weighted by Crippen LogP contribution is 2.37. The summed E-state index contributed by atoms with van der Waals surface area (Å²) < 4.78 is 8.34. The number of aromatic hydroxyl groups is 1. The van der Waals surface area contributed by atoms with Crippen LogP contribution in [0.3, 0.4) is 0 Å². The van der Waals surface area contributed by atoms with E-state index in [1.807, 2.05) is 24.4 Å². The van der Waals surface area contributed by atoms with E-state index >= 15 is 0 Å². The van der Waals surface area contributed by atoms with Gasteiger partial charge in [-0.05, 0) is 78.1 Å². The predicted octanol–water partition coefficient (Wildman–Crippen LogP) is 7.70. The molecule has 0 spiro atoms. The van der Waals surface area contributed by atoms with Gasteiger partial charge in [-0.2, -0.15) is 5.26 Å². The molecule has 3 aromatic carbocycles. The quantitative estimate of drug-likeness (QED) is 0.270. The lowest BCUT2D eigenvalue weighted by atomic mass is 9.86. The fourth-order valence-corrected chi connectivity index (χ4v) is 4.88. The number of benzene rings is 3. The maximum absolute atomic E-state index is 10.3. The molecule has 6 aromatic rings. The first-order valence-corrected chi connectivity index (χ1v) is 12.5. The fourth-order valence-electron chi connectivity index (χ4n) is 4.88. The normalized spacial score (nSPS) is 11.8. The molecule has 0 aliphatic rings. The largest absolute Gasteiger partial charge is 0.506 e. The predicted molar refractivity (Wildman–Crippen MR) is 150 cm³/mol. The van der Waals surface area contributed by atoms with Crippen LogP contribution < -0.4 is 4.74 Å². The highest BCUT2D eigenvalue weighted by Gasteiger charge is 2.19. The van der Waals surface area contributed by atoms with Gasteiger partial charge in [0.05, 0.1) is 22.7 Å². The molecule has 0 radical (unpaired) electrons. The highest BCUT2D eigenvalue weighted by atomic mass is 16.5. The third kappa shape index (κ3) is 3.89. The number of aryl methyl sites for hydroxylation is 1. The van der Waals surface area contributed by atoms with Gasteiger partial charge in [-0.25, -0.2) is 9.97 Å². The van der Waals surface area contributed by atoms with Crippen molar-refractivity contribution in [3.05, 3.63) is 95.7 Å². The summed E-state index contributed by atoms with van der Waals surface area (Å²) in [6, 6.07) is 25.3. The minimum Gasteiger partial charge on any atom is -0.506 e. The molecule has 0 bridgehead atoms. The lowest BCUT2D eigenvalue weighted by Crippen LogP contribution is -2.10. The molecule has 0 fully saturated rings. The molecular formula is C32H26N4O2. The first-order chi connectivity index (χ1) is 18.2. The Balaban J connectivity index is 1.53. The van der Waals surface area contributed by atoms with Crippen LogP contribution in [0.2, 0.25) is 0 Å². The number of hydrogen-bond donors (Lipinski definition) is 1. The topological polar surface area (TPSA) is 84.0 Å². The van der Waals surface area contributed by atoms with E-state index in [1.165, 1.54) is 11.6 Å². The Morgan fingerprint density at radius 2 is 1.68 bits per heavy atom. The molecule has 3 heterocycles. The van der Waals surface area contributed by atoms with E-state index in [-0.39, 0.29) is 11.2 Å². The molecule has 38 heavy (non-hydrogen) atoms. The van der Waals surface area contributed by atoms with Crippen molar-refractivity contribution < 1.29 is 9.84 Å². The number of aromatic nitrogens is 3. The first kappa shape index (κ1) is 23.5. The van der Waals surface area contributed by atoms with E-state index in [9.17, 15) is 10.4 Å². The van der Waals surface area contributed by atoms with Gasteiger partial charge in [0.15, 0.2) is 0 Å². The summed E-state index contributed by atoms with van der Waals surface area (Å²) in [5.41, 5.74) is 5.22. The molecule has 0 amide bonds. The highest BCUT2D eigenvalue weighted by molar-refractivity contribution is 6.09. The standard InChI is InChI=1S/C32H26N4O2/c1-19-13-14-34-29(15-19)36-26-10-6-21(32(2,3)4)16-25(26)24-8-7-22(17-27(24)36)38-30-12-9-23-20(18-33)5-11-28(37)31(23)35-30/h5-17,37H,1-4H3. The smallest absolute Gasteiger partial charge is 0.219 e. The minimum absolute atomic E-state index is 0.000187. The second-order valence-electron chi connectivity index (χ2n) is 10.6. The lowest BCUT2D eigenvalue weighted by molar-refractivity contribution is 0.460. The van der Waals surface area contributed by atoms with Crippen molar-refractivity contribution in [3.63, 3.8) is 0 Å². The molecule has 0 atom stereocenters. The molecule has 0 aliphatic carbocycles. The van der Waals surface area contributed by atoms with Crippen LogP contribution in [-0.4, -0.2) is 19.6 Å². The maximum Gasteiger partial charge on any atom is 0.219 e. The Kier molecular flexibility index (Phi) is 5.32. The fraction of sp³-hybridized carbons (Fsp3) is 0.156. The van der Waals surface area contributed by atoms with Crippen LogP contribution in [0.4, 0.5) is 0 Å². The number of pyridine rings is 2. The molecule has 6 rings (SSSR count). The van der Waals surface area contributed by atoms with Gasteiger partial charge in [0.1, 0.15) is 22.8 Å². The van der Waals surface area contributed by atoms with E-state index < -0.39 is 0 Å². The van der Waals surface area contributed by atoms with Crippen LogP contribution in [0, 0.1) is 18.3 Å². The van der Waals surface area contributed by atoms with E-state index in [2.05, 4.69) is 78.6 Å². The molecule has 6 nitrogen and oxygen atoms in total. The summed E-state index contributed by atoms with van der Waals surface area (Å²) in [7, 11) is 0. The number of ether oxygens (including phenoxy) is 1. The number of fused-ring (bicyclic) bond motifs is 4. The van der Waals surface area contributed by atoms with Crippen molar-refractivity contribution >= 4 is 32.7 Å². The van der Waals surface area contributed by atoms with Gasteiger partial charge >= 0.3 is 0 Å². The summed E-state index contributed by atoms with van der Waals surface area (Å²) in [6.07, 6.45) is 1.83. The van der Waals surface area contributed by atoms with Gasteiger partial charge in [-0.1, -0.05) is 26.8 Å². The molecule has 1 N–H and O–H groups in total. The summed E-state index contributed by atoms with van der Waals surface area (Å²) in [5, 5.41) is 22.6. The third-order valence-corrected chi connectivity index (χ3v) is 6.89. The summed E-state index contributed by atoms with van der Waals surface area (Å²) in [5.74, 6) is 1.77. The summed E-state index contributed by atoms with van der Waals surface area (Å²) >= 11 is 0. The zero-order chi connectivity index (χ0) is 26.6. The molecule has 0 saturated heterocycles. The number of hydrogen-bond acceptors (Lipinski definition) is 5. The molecule has 0 aliphatic heterocycles. The maximum atomic E-state index is 10.3. The van der Waals surface area contributed by atoms with Crippen LogP contribution in [0.5, 0.6) is 17.4 Å². The number of rotatable bonds is 3. The van der Waals surface area contributed by atoms with Crippen LogP contribution in [0.1, 0.15) is 37.5 Å². The average Bonchev–Trinajstić information content (AvgIpc) is 3.21. The molecule has 186 valence electrons. The van der Waals surface area contributed by atoms with Gasteiger partial charge in [0.25, 0.3) is 0 Å². The Morgan fingerprint density at radius 3 is 2.45 bits per heavy atom. The van der Waals surface area contributed by atoms with Gasteiger partial charge in [-0.3, -0.25) is 4.57 Å². The third-order valence-electron chi connectivity index (χ3n) is 6.89. The van der Waals surface area contributed by atoms with Crippen molar-refractivity contribution in [2.24, 2.45) is 0 Å². The second kappa shape index (κ2) is 8.60. The minimum atomic E-state index is 0.000187. The molecular weight excluding hydrogens is 472 g/mol. The lowest BCUT2D eigenvalue weighted by Gasteiger charge is -2.19. The van der Waals surface area contributed by atoms with Crippen molar-refractivity contribution in [2.75, 3.05) is 0 Å². The van der Waals surface area contributed by atoms with Crippen LogP contribution in [0.25, 0.3) is 38.5 Å². The van der Waals surface area contributed by atoms with E-state index in [0.29, 0.717) is 28.1 Å². The van der Waals surface area contributed by atoms with E-state index in [4.69, 9.17) is 4.74 Å². The second-order valence-corrected chi connectivity index (χ2v) is 10.6. The van der Waals surface area contributed by atoms with E-state index in [0.717, 1.165) is 33.2 Å². The summed E-state index contributed by atoms with van der Waals surface area (Å²) in [4.78, 5) is 9.17. The Bertz CT molecular complexity index is 1920. The average molecular weight is 499 g/mol. The van der Waals surface area contributed by atoms with Crippen LogP contribution >= 0.6 is 0 Å². The number of phenolic OH excluding ortho intramolecular Hbond substituents is 1. The molecule has 0 saturated carbocycles. The SMILES string of the molecule is Cc1ccnc(-n2c3ccc(C(C)(C)C)cc3c3ccc(Oc4ccc5c(C#N)ccc(O)c5n4)cc32)c1. The zero-order valence-corrected chi connectivity index (χ0v) is 21.6. The molecule has 6 heteroatoms. The zero-order valence-electron chi connectivity index (χ0n) is 21.6. The van der Waals surface area contributed by atoms with Crippen molar-refractivity contribution in [2.45, 2.75) is 33.1 Å². The molecule has 3 aromatic heterocycles. The van der Waals surface area contributed by atoms with Crippen molar-refractivity contribution in [1.29, 1.82) is 5.26 Å². The van der Waals surface area contributed by atoms with Gasteiger partial charge in [0.2, 0.25) is 5.88 Å². The Labute approximate surface area is 220 Å². The number of nitriles is 1. The summed E-state index contributed by atoms with van der Waals surface area (Å²) in [6.45, 7) is 8.71. The van der Waals surface area contributed by atoms with Crippen molar-refractivity contribution in [3.8, 4) is 29.3 Å². The number of nitrogens with zero attached hydrogens (tertiary/aromatic N) is 4. The van der Waals surface area contributed by atoms with Gasteiger partial charge in [0, 0.05) is 34.5 Å². The Morgan fingerprint density at radius 1 is 0.868 bits per heavy atom. The van der Waals surface area contributed by atoms with Crippen molar-refractivity contribution in [1.82, 2.24) is 14.5 Å². The molecule has 0 unspecified atom stereocenters. The van der Waals surface area contributed by atoms with Gasteiger partial charge in [-0.15, -0.1) is 0 Å². The van der Waals surface area contributed by atoms with Crippen LogP contribution in [-0.2, 0) is 5.41 Å². The first-order valence-electron chi connectivity index (χ1n) is 12.5.